The highest BCUT2D eigenvalue weighted by molar-refractivity contribution is 7.07. The molecule has 6 nitrogen and oxygen atoms in total. The zero-order valence-corrected chi connectivity index (χ0v) is 23.8. The van der Waals surface area contributed by atoms with E-state index in [2.05, 4.69) is 0 Å². The molecule has 1 atom stereocenters. The van der Waals surface area contributed by atoms with Crippen molar-refractivity contribution in [1.82, 2.24) is 4.57 Å². The zero-order chi connectivity index (χ0) is 28.9. The topological polar surface area (TPSA) is 69.9 Å². The molecule has 7 heteroatoms. The number of carbonyl (C=O) groups is 1. The minimum Gasteiger partial charge on any atom is -0.489 e. The lowest BCUT2D eigenvalue weighted by molar-refractivity contribution is -0.140. The number of nitrogens with zero attached hydrogens (tertiary/aromatic N) is 2. The molecule has 1 aromatic heterocycles. The van der Waals surface area contributed by atoms with Gasteiger partial charge in [0.25, 0.3) is 5.56 Å². The van der Waals surface area contributed by atoms with Crippen molar-refractivity contribution in [2.24, 2.45) is 4.99 Å². The van der Waals surface area contributed by atoms with E-state index in [0.717, 1.165) is 22.3 Å². The SMILES string of the molecule is CC1=C(C(=O)OCc2ccccc2)C(c2ccc(OCc3ccccc3)cc2)n2c(s/c(=C/c3ccccc3)c2=O)=N1. The second-order valence-electron chi connectivity index (χ2n) is 9.90. The number of fused-ring (bicyclic) bond motifs is 1. The van der Waals surface area contributed by atoms with Crippen molar-refractivity contribution in [3.05, 3.63) is 168 Å². The number of rotatable bonds is 8. The van der Waals surface area contributed by atoms with Gasteiger partial charge < -0.3 is 9.47 Å². The standard InChI is InChI=1S/C35H28N2O4S/c1-24-31(34(39)41-23-27-15-9-4-10-16-27)32(28-17-19-29(20-18-28)40-22-26-13-7-3-8-14-26)37-33(38)30(42-35(37)36-24)21-25-11-5-2-6-12-25/h2-21,32H,22-23H2,1H3/b30-21+. The van der Waals surface area contributed by atoms with Crippen LogP contribution in [0.1, 0.15) is 35.2 Å². The van der Waals surface area contributed by atoms with Gasteiger partial charge in [0.15, 0.2) is 4.80 Å². The van der Waals surface area contributed by atoms with Crippen LogP contribution in [0, 0.1) is 0 Å². The molecule has 2 heterocycles. The number of aromatic nitrogens is 1. The van der Waals surface area contributed by atoms with Crippen LogP contribution in [-0.4, -0.2) is 10.5 Å². The molecule has 0 spiro atoms. The molecular weight excluding hydrogens is 544 g/mol. The first-order valence-corrected chi connectivity index (χ1v) is 14.4. The number of benzene rings is 4. The molecule has 0 N–H and O–H groups in total. The van der Waals surface area contributed by atoms with Crippen molar-refractivity contribution in [3.63, 3.8) is 0 Å². The summed E-state index contributed by atoms with van der Waals surface area (Å²) in [5, 5.41) is 0. The molecule has 42 heavy (non-hydrogen) atoms. The molecule has 0 bridgehead atoms. The van der Waals surface area contributed by atoms with Crippen LogP contribution < -0.4 is 19.6 Å². The van der Waals surface area contributed by atoms with Crippen LogP contribution in [0.25, 0.3) is 6.08 Å². The Morgan fingerprint density at radius 1 is 0.833 bits per heavy atom. The molecule has 6 rings (SSSR count). The Balaban J connectivity index is 1.37. The van der Waals surface area contributed by atoms with E-state index in [1.807, 2.05) is 121 Å². The van der Waals surface area contributed by atoms with Crippen molar-refractivity contribution in [2.45, 2.75) is 26.2 Å². The number of thiazole rings is 1. The third-order valence-corrected chi connectivity index (χ3v) is 7.98. The molecule has 208 valence electrons. The molecular formula is C35H28N2O4S. The summed E-state index contributed by atoms with van der Waals surface area (Å²) in [6.45, 7) is 2.34. The predicted octanol–water partition coefficient (Wildman–Crippen LogP) is 5.56. The van der Waals surface area contributed by atoms with E-state index in [-0.39, 0.29) is 12.2 Å². The Hall–Kier alpha value is -5.01. The van der Waals surface area contributed by atoms with Gasteiger partial charge in [0, 0.05) is 0 Å². The summed E-state index contributed by atoms with van der Waals surface area (Å²) < 4.78 is 13.9. The van der Waals surface area contributed by atoms with E-state index in [0.29, 0.717) is 33.0 Å². The summed E-state index contributed by atoms with van der Waals surface area (Å²) in [6.07, 6.45) is 1.86. The maximum Gasteiger partial charge on any atom is 0.338 e. The molecule has 0 aliphatic carbocycles. The fraction of sp³-hybridized carbons (Fsp3) is 0.114. The maximum atomic E-state index is 13.9. The van der Waals surface area contributed by atoms with Gasteiger partial charge in [-0.2, -0.15) is 0 Å². The summed E-state index contributed by atoms with van der Waals surface area (Å²) in [7, 11) is 0. The van der Waals surface area contributed by atoms with Gasteiger partial charge in [-0.3, -0.25) is 9.36 Å². The molecule has 0 saturated heterocycles. The lowest BCUT2D eigenvalue weighted by Gasteiger charge is -2.25. The molecule has 4 aromatic carbocycles. The Bertz CT molecular complexity index is 1910. The van der Waals surface area contributed by atoms with Crippen molar-refractivity contribution in [2.75, 3.05) is 0 Å². The van der Waals surface area contributed by atoms with Gasteiger partial charge in [0.1, 0.15) is 19.0 Å². The average molecular weight is 573 g/mol. The van der Waals surface area contributed by atoms with Gasteiger partial charge in [-0.05, 0) is 47.4 Å². The Labute approximate surface area is 247 Å². The van der Waals surface area contributed by atoms with Gasteiger partial charge >= 0.3 is 5.97 Å². The third-order valence-electron chi connectivity index (χ3n) is 7.00. The number of carbonyl (C=O) groups excluding carboxylic acids is 1. The van der Waals surface area contributed by atoms with Crippen molar-refractivity contribution in [3.8, 4) is 5.75 Å². The average Bonchev–Trinajstić information content (AvgIpc) is 3.33. The summed E-state index contributed by atoms with van der Waals surface area (Å²) in [5.41, 5.74) is 4.26. The highest BCUT2D eigenvalue weighted by Gasteiger charge is 2.33. The molecule has 0 saturated carbocycles. The lowest BCUT2D eigenvalue weighted by Crippen LogP contribution is -2.39. The molecule has 0 fully saturated rings. The molecule has 1 aliphatic rings. The molecule has 1 unspecified atom stereocenters. The van der Waals surface area contributed by atoms with Crippen molar-refractivity contribution < 1.29 is 14.3 Å². The van der Waals surface area contributed by atoms with E-state index in [9.17, 15) is 9.59 Å². The van der Waals surface area contributed by atoms with Gasteiger partial charge in [0.2, 0.25) is 0 Å². The molecule has 0 amide bonds. The normalized spacial score (nSPS) is 14.7. The Kier molecular flexibility index (Phi) is 7.92. The summed E-state index contributed by atoms with van der Waals surface area (Å²) in [5.74, 6) is 0.180. The van der Waals surface area contributed by atoms with Gasteiger partial charge in [-0.25, -0.2) is 9.79 Å². The van der Waals surface area contributed by atoms with Crippen LogP contribution >= 0.6 is 11.3 Å². The third kappa shape index (κ3) is 5.87. The predicted molar refractivity (Wildman–Crippen MR) is 164 cm³/mol. The summed E-state index contributed by atoms with van der Waals surface area (Å²) >= 11 is 1.31. The largest absolute Gasteiger partial charge is 0.489 e. The van der Waals surface area contributed by atoms with E-state index in [1.54, 1.807) is 11.5 Å². The number of esters is 1. The quantitative estimate of drug-likeness (QED) is 0.229. The second kappa shape index (κ2) is 12.2. The number of allylic oxidation sites excluding steroid dienone is 1. The molecule has 0 radical (unpaired) electrons. The van der Waals surface area contributed by atoms with Crippen LogP contribution in [0.3, 0.4) is 0 Å². The van der Waals surface area contributed by atoms with Crippen LogP contribution in [0.5, 0.6) is 5.75 Å². The summed E-state index contributed by atoms with van der Waals surface area (Å²) in [4.78, 5) is 32.7. The van der Waals surface area contributed by atoms with E-state index >= 15 is 0 Å². The number of hydrogen-bond acceptors (Lipinski definition) is 6. The van der Waals surface area contributed by atoms with E-state index < -0.39 is 12.0 Å². The monoisotopic (exact) mass is 572 g/mol. The highest BCUT2D eigenvalue weighted by atomic mass is 32.1. The number of ether oxygens (including phenoxy) is 2. The Morgan fingerprint density at radius 2 is 1.43 bits per heavy atom. The molecule has 1 aliphatic heterocycles. The first kappa shape index (κ1) is 27.2. The first-order chi connectivity index (χ1) is 20.6. The van der Waals surface area contributed by atoms with Crippen LogP contribution in [0.2, 0.25) is 0 Å². The highest BCUT2D eigenvalue weighted by Crippen LogP contribution is 2.32. The van der Waals surface area contributed by atoms with Crippen LogP contribution in [0.4, 0.5) is 0 Å². The first-order valence-electron chi connectivity index (χ1n) is 13.6. The van der Waals surface area contributed by atoms with Crippen LogP contribution in [-0.2, 0) is 22.7 Å². The van der Waals surface area contributed by atoms with Gasteiger partial charge in [-0.15, -0.1) is 0 Å². The van der Waals surface area contributed by atoms with Gasteiger partial charge in [0.05, 0.1) is 21.8 Å². The fourth-order valence-corrected chi connectivity index (χ4v) is 5.93. The van der Waals surface area contributed by atoms with Crippen LogP contribution in [0.15, 0.2) is 136 Å². The molecule has 5 aromatic rings. The lowest BCUT2D eigenvalue weighted by atomic mass is 9.96. The number of hydrogen-bond donors (Lipinski definition) is 0. The minimum absolute atomic E-state index is 0.119. The maximum absolute atomic E-state index is 13.9. The summed E-state index contributed by atoms with van der Waals surface area (Å²) in [6, 6.07) is 35.9. The van der Waals surface area contributed by atoms with Gasteiger partial charge in [-0.1, -0.05) is 114 Å². The fourth-order valence-electron chi connectivity index (χ4n) is 4.89. The van der Waals surface area contributed by atoms with Crippen molar-refractivity contribution in [1.29, 1.82) is 0 Å². The second-order valence-corrected chi connectivity index (χ2v) is 10.9. The smallest absolute Gasteiger partial charge is 0.338 e. The van der Waals surface area contributed by atoms with E-state index in [4.69, 9.17) is 14.5 Å². The Morgan fingerprint density at radius 3 is 2.07 bits per heavy atom. The van der Waals surface area contributed by atoms with E-state index in [1.165, 1.54) is 11.3 Å². The zero-order valence-electron chi connectivity index (χ0n) is 23.0. The van der Waals surface area contributed by atoms with Crippen molar-refractivity contribution >= 4 is 23.4 Å². The minimum atomic E-state index is -0.703.